The monoisotopic (exact) mass is 391 g/mol. The van der Waals surface area contributed by atoms with Gasteiger partial charge in [0.1, 0.15) is 12.4 Å². The lowest BCUT2D eigenvalue weighted by atomic mass is 10.1. The number of thioether (sulfide) groups is 1. The predicted molar refractivity (Wildman–Crippen MR) is 110 cm³/mol. The number of carbonyl (C=O) groups is 1. The van der Waals surface area contributed by atoms with Gasteiger partial charge in [-0.1, -0.05) is 60.3 Å². The highest BCUT2D eigenvalue weighted by Crippen LogP contribution is 2.21. The van der Waals surface area contributed by atoms with Crippen LogP contribution in [-0.4, -0.2) is 33.0 Å². The summed E-state index contributed by atoms with van der Waals surface area (Å²) >= 11 is 1.35. The third-order valence-corrected chi connectivity index (χ3v) is 5.19. The minimum Gasteiger partial charge on any atom is -0.306 e. The SMILES string of the molecule is CCn1c(Cc2ccccc2)nnc1SCC(=O)N(CC#N)c1ccccc1. The van der Waals surface area contributed by atoms with E-state index in [1.807, 2.05) is 60.0 Å². The van der Waals surface area contributed by atoms with Gasteiger partial charge in [-0.15, -0.1) is 10.2 Å². The summed E-state index contributed by atoms with van der Waals surface area (Å²) in [5.41, 5.74) is 1.89. The van der Waals surface area contributed by atoms with Gasteiger partial charge in [-0.05, 0) is 24.6 Å². The van der Waals surface area contributed by atoms with Crippen LogP contribution in [0, 0.1) is 11.3 Å². The molecule has 0 aliphatic rings. The molecule has 3 aromatic rings. The van der Waals surface area contributed by atoms with Crippen LogP contribution < -0.4 is 4.90 Å². The quantitative estimate of drug-likeness (QED) is 0.434. The lowest BCUT2D eigenvalue weighted by Gasteiger charge is -2.19. The lowest BCUT2D eigenvalue weighted by molar-refractivity contribution is -0.116. The van der Waals surface area contributed by atoms with Crippen molar-refractivity contribution in [1.82, 2.24) is 14.8 Å². The number of aromatic nitrogens is 3. The molecule has 28 heavy (non-hydrogen) atoms. The predicted octanol–water partition coefficient (Wildman–Crippen LogP) is 3.54. The third-order valence-electron chi connectivity index (χ3n) is 4.24. The van der Waals surface area contributed by atoms with Crippen molar-refractivity contribution in [2.75, 3.05) is 17.2 Å². The van der Waals surface area contributed by atoms with Crippen molar-refractivity contribution in [3.8, 4) is 6.07 Å². The summed E-state index contributed by atoms with van der Waals surface area (Å²) in [6.07, 6.45) is 0.695. The van der Waals surface area contributed by atoms with Gasteiger partial charge in [0, 0.05) is 18.7 Å². The molecule has 6 nitrogen and oxygen atoms in total. The highest BCUT2D eigenvalue weighted by atomic mass is 32.2. The van der Waals surface area contributed by atoms with Gasteiger partial charge in [-0.3, -0.25) is 9.69 Å². The zero-order valence-electron chi connectivity index (χ0n) is 15.7. The Labute approximate surface area is 168 Å². The molecule has 0 radical (unpaired) electrons. The molecule has 0 N–H and O–H groups in total. The summed E-state index contributed by atoms with van der Waals surface area (Å²) < 4.78 is 2.03. The molecule has 0 fully saturated rings. The van der Waals surface area contributed by atoms with E-state index in [1.54, 1.807) is 0 Å². The first-order chi connectivity index (χ1) is 13.7. The van der Waals surface area contributed by atoms with E-state index in [1.165, 1.54) is 22.2 Å². The minimum absolute atomic E-state index is 0.0170. The Morgan fingerprint density at radius 3 is 2.43 bits per heavy atom. The van der Waals surface area contributed by atoms with Gasteiger partial charge in [0.25, 0.3) is 0 Å². The van der Waals surface area contributed by atoms with Crippen molar-refractivity contribution in [3.63, 3.8) is 0 Å². The Bertz CT molecular complexity index is 950. The Hall–Kier alpha value is -3.11. The number of hydrogen-bond acceptors (Lipinski definition) is 5. The maximum atomic E-state index is 12.7. The van der Waals surface area contributed by atoms with Gasteiger partial charge >= 0.3 is 0 Å². The standard InChI is InChI=1S/C21H21N5OS/c1-2-25-19(15-17-9-5-3-6-10-17)23-24-21(25)28-16-20(27)26(14-13-22)18-11-7-4-8-12-18/h3-12H,2,14-16H2,1H3. The summed E-state index contributed by atoms with van der Waals surface area (Å²) in [6.45, 7) is 2.78. The van der Waals surface area contributed by atoms with Crippen LogP contribution in [0.4, 0.5) is 5.69 Å². The van der Waals surface area contributed by atoms with Crippen molar-refractivity contribution in [3.05, 3.63) is 72.1 Å². The first kappa shape index (κ1) is 19.6. The Kier molecular flexibility index (Phi) is 6.82. The van der Waals surface area contributed by atoms with E-state index in [2.05, 4.69) is 28.4 Å². The second-order valence-corrected chi connectivity index (χ2v) is 7.01. The highest BCUT2D eigenvalue weighted by Gasteiger charge is 2.18. The van der Waals surface area contributed by atoms with Crippen LogP contribution in [0.1, 0.15) is 18.3 Å². The second-order valence-electron chi connectivity index (χ2n) is 6.07. The van der Waals surface area contributed by atoms with Crippen LogP contribution in [0.2, 0.25) is 0 Å². The number of rotatable bonds is 8. The van der Waals surface area contributed by atoms with Crippen LogP contribution in [0.15, 0.2) is 65.8 Å². The molecule has 0 saturated carbocycles. The maximum Gasteiger partial charge on any atom is 0.238 e. The molecule has 0 unspecified atom stereocenters. The molecule has 1 heterocycles. The molecular formula is C21H21N5OS. The van der Waals surface area contributed by atoms with Gasteiger partial charge in [0.15, 0.2) is 5.16 Å². The van der Waals surface area contributed by atoms with Gasteiger partial charge in [-0.25, -0.2) is 0 Å². The van der Waals surface area contributed by atoms with Crippen molar-refractivity contribution in [2.24, 2.45) is 0 Å². The lowest BCUT2D eigenvalue weighted by Crippen LogP contribution is -2.32. The zero-order valence-corrected chi connectivity index (χ0v) is 16.5. The van der Waals surface area contributed by atoms with Crippen LogP contribution in [0.3, 0.4) is 0 Å². The number of hydrogen-bond donors (Lipinski definition) is 0. The summed E-state index contributed by atoms with van der Waals surface area (Å²) in [5.74, 6) is 0.939. The average Bonchev–Trinajstić information content (AvgIpc) is 3.13. The molecule has 7 heteroatoms. The van der Waals surface area contributed by atoms with Crippen molar-refractivity contribution < 1.29 is 4.79 Å². The first-order valence-electron chi connectivity index (χ1n) is 9.04. The summed E-state index contributed by atoms with van der Waals surface area (Å²) in [7, 11) is 0. The minimum atomic E-state index is -0.131. The van der Waals surface area contributed by atoms with Crippen molar-refractivity contribution in [1.29, 1.82) is 5.26 Å². The van der Waals surface area contributed by atoms with E-state index in [-0.39, 0.29) is 18.2 Å². The fraction of sp³-hybridized carbons (Fsp3) is 0.238. The second kappa shape index (κ2) is 9.72. The summed E-state index contributed by atoms with van der Waals surface area (Å²) in [4.78, 5) is 14.2. The summed E-state index contributed by atoms with van der Waals surface area (Å²) in [5, 5.41) is 18.4. The number of nitrogens with zero attached hydrogens (tertiary/aromatic N) is 5. The Morgan fingerprint density at radius 2 is 1.79 bits per heavy atom. The molecule has 142 valence electrons. The molecule has 0 aliphatic carbocycles. The fourth-order valence-electron chi connectivity index (χ4n) is 2.86. The van der Waals surface area contributed by atoms with Gasteiger partial charge in [0.05, 0.1) is 11.8 Å². The van der Waals surface area contributed by atoms with Gasteiger partial charge in [-0.2, -0.15) is 5.26 Å². The molecule has 1 amide bonds. The van der Waals surface area contributed by atoms with E-state index >= 15 is 0 Å². The molecule has 3 rings (SSSR count). The largest absolute Gasteiger partial charge is 0.306 e. The summed E-state index contributed by atoms with van der Waals surface area (Å²) in [6, 6.07) is 21.4. The smallest absolute Gasteiger partial charge is 0.238 e. The van der Waals surface area contributed by atoms with E-state index in [9.17, 15) is 4.79 Å². The molecule has 0 aliphatic heterocycles. The van der Waals surface area contributed by atoms with E-state index in [0.29, 0.717) is 11.6 Å². The van der Waals surface area contributed by atoms with Crippen LogP contribution in [-0.2, 0) is 17.8 Å². The Balaban J connectivity index is 1.70. The first-order valence-corrected chi connectivity index (χ1v) is 10.0. The number of amides is 1. The van der Waals surface area contributed by atoms with E-state index < -0.39 is 0 Å². The van der Waals surface area contributed by atoms with E-state index in [4.69, 9.17) is 5.26 Å². The van der Waals surface area contributed by atoms with Gasteiger partial charge < -0.3 is 4.57 Å². The van der Waals surface area contributed by atoms with Crippen LogP contribution in [0.25, 0.3) is 0 Å². The van der Waals surface area contributed by atoms with Gasteiger partial charge in [0.2, 0.25) is 5.91 Å². The third kappa shape index (κ3) is 4.78. The number of para-hydroxylation sites is 1. The number of benzene rings is 2. The Morgan fingerprint density at radius 1 is 1.11 bits per heavy atom. The van der Waals surface area contributed by atoms with Crippen molar-refractivity contribution >= 4 is 23.4 Å². The molecule has 0 atom stereocenters. The molecule has 2 aromatic carbocycles. The molecule has 0 spiro atoms. The number of anilines is 1. The molecule has 0 saturated heterocycles. The highest BCUT2D eigenvalue weighted by molar-refractivity contribution is 7.99. The molecule has 0 bridgehead atoms. The topological polar surface area (TPSA) is 74.8 Å². The van der Waals surface area contributed by atoms with Crippen LogP contribution in [0.5, 0.6) is 0 Å². The van der Waals surface area contributed by atoms with Crippen LogP contribution >= 0.6 is 11.8 Å². The zero-order chi connectivity index (χ0) is 19.8. The van der Waals surface area contributed by atoms with Crippen molar-refractivity contribution in [2.45, 2.75) is 25.0 Å². The number of nitriles is 1. The molecular weight excluding hydrogens is 370 g/mol. The fourth-order valence-corrected chi connectivity index (χ4v) is 3.76. The number of carbonyl (C=O) groups excluding carboxylic acids is 1. The molecule has 1 aromatic heterocycles. The average molecular weight is 392 g/mol. The normalized spacial score (nSPS) is 10.4. The maximum absolute atomic E-state index is 12.7. The van der Waals surface area contributed by atoms with E-state index in [0.717, 1.165) is 18.1 Å².